The first-order valence-corrected chi connectivity index (χ1v) is 5.52. The zero-order valence-electron chi connectivity index (χ0n) is 6.89. The Labute approximate surface area is 95.5 Å². The summed E-state index contributed by atoms with van der Waals surface area (Å²) in [6, 6.07) is 4.03. The average molecular weight is 310 g/mol. The van der Waals surface area contributed by atoms with Gasteiger partial charge in [0.15, 0.2) is 0 Å². The topological polar surface area (TPSA) is 35.2 Å². The molecule has 1 unspecified atom stereocenters. The Kier molecular flexibility index (Phi) is 2.67. The fraction of sp³-hybridized carbons (Fsp3) is 0.333. The van der Waals surface area contributed by atoms with Crippen molar-refractivity contribution in [3.8, 4) is 5.75 Å². The van der Waals surface area contributed by atoms with Crippen LogP contribution in [0.2, 0.25) is 5.02 Å². The third-order valence-electron chi connectivity index (χ3n) is 2.16. The predicted molar refractivity (Wildman–Crippen MR) is 61.2 cm³/mol. The number of hydrogen-bond acceptors (Lipinski definition) is 2. The lowest BCUT2D eigenvalue weighted by Gasteiger charge is -2.24. The molecule has 0 saturated heterocycles. The lowest BCUT2D eigenvalue weighted by atomic mass is 10.0. The van der Waals surface area contributed by atoms with Gasteiger partial charge in [0.1, 0.15) is 5.75 Å². The van der Waals surface area contributed by atoms with E-state index in [1.807, 2.05) is 12.1 Å². The molecule has 0 bridgehead atoms. The molecule has 0 spiro atoms. The van der Waals surface area contributed by atoms with Gasteiger partial charge in [-0.25, -0.2) is 0 Å². The number of ether oxygens (including phenoxy) is 1. The van der Waals surface area contributed by atoms with Crippen LogP contribution in [0.15, 0.2) is 12.1 Å². The summed E-state index contributed by atoms with van der Waals surface area (Å²) in [7, 11) is 0. The molecule has 70 valence electrons. The van der Waals surface area contributed by atoms with Gasteiger partial charge in [0, 0.05) is 21.6 Å². The summed E-state index contributed by atoms with van der Waals surface area (Å²) in [5, 5.41) is 0.688. The van der Waals surface area contributed by atoms with Crippen LogP contribution in [0.4, 0.5) is 0 Å². The van der Waals surface area contributed by atoms with Crippen LogP contribution in [0.25, 0.3) is 0 Å². The number of hydrogen-bond donors (Lipinski definition) is 1. The Morgan fingerprint density at radius 1 is 1.54 bits per heavy atom. The van der Waals surface area contributed by atoms with Crippen LogP contribution in [0, 0.1) is 3.57 Å². The molecule has 0 aliphatic carbocycles. The first-order valence-electron chi connectivity index (χ1n) is 4.06. The number of nitrogens with two attached hydrogens (primary N) is 1. The van der Waals surface area contributed by atoms with Crippen molar-refractivity contribution < 1.29 is 4.74 Å². The van der Waals surface area contributed by atoms with Crippen molar-refractivity contribution in [3.63, 3.8) is 0 Å². The van der Waals surface area contributed by atoms with Gasteiger partial charge >= 0.3 is 0 Å². The highest BCUT2D eigenvalue weighted by molar-refractivity contribution is 14.1. The molecule has 13 heavy (non-hydrogen) atoms. The number of rotatable bonds is 0. The van der Waals surface area contributed by atoms with Gasteiger partial charge in [0.05, 0.1) is 11.6 Å². The van der Waals surface area contributed by atoms with Crippen LogP contribution in [-0.4, -0.2) is 6.61 Å². The second-order valence-corrected chi connectivity index (χ2v) is 4.56. The van der Waals surface area contributed by atoms with Gasteiger partial charge in [0.25, 0.3) is 0 Å². The van der Waals surface area contributed by atoms with Crippen LogP contribution >= 0.6 is 34.2 Å². The molecule has 2 nitrogen and oxygen atoms in total. The summed E-state index contributed by atoms with van der Waals surface area (Å²) < 4.78 is 6.50. The van der Waals surface area contributed by atoms with Crippen molar-refractivity contribution in [2.24, 2.45) is 5.73 Å². The van der Waals surface area contributed by atoms with Gasteiger partial charge in [-0.15, -0.1) is 0 Å². The van der Waals surface area contributed by atoms with Crippen molar-refractivity contribution in [1.82, 2.24) is 0 Å². The Hall–Kier alpha value is -0.0000000000000000555. The number of halogens is 2. The summed E-state index contributed by atoms with van der Waals surface area (Å²) in [6.07, 6.45) is 0.865. The molecule has 1 atom stereocenters. The Morgan fingerprint density at radius 3 is 3.08 bits per heavy atom. The highest BCUT2D eigenvalue weighted by Gasteiger charge is 2.21. The fourth-order valence-corrected chi connectivity index (χ4v) is 2.08. The van der Waals surface area contributed by atoms with Gasteiger partial charge in [-0.3, -0.25) is 0 Å². The van der Waals surface area contributed by atoms with Gasteiger partial charge in [-0.05, 0) is 28.7 Å². The zero-order chi connectivity index (χ0) is 9.42. The van der Waals surface area contributed by atoms with Crippen molar-refractivity contribution in [2.75, 3.05) is 6.61 Å². The molecule has 2 N–H and O–H groups in total. The average Bonchev–Trinajstić information content (AvgIpc) is 2.12. The van der Waals surface area contributed by atoms with Crippen LogP contribution in [0.3, 0.4) is 0 Å². The van der Waals surface area contributed by atoms with E-state index in [9.17, 15) is 0 Å². The molecule has 1 heterocycles. The summed E-state index contributed by atoms with van der Waals surface area (Å²) in [5.74, 6) is 0.771. The second-order valence-electron chi connectivity index (χ2n) is 3.02. The lowest BCUT2D eigenvalue weighted by Crippen LogP contribution is -2.20. The molecular weight excluding hydrogens is 300 g/mol. The molecule has 0 amide bonds. The number of fused-ring (bicyclic) bond motifs is 1. The summed E-state index contributed by atoms with van der Waals surface area (Å²) >= 11 is 8.27. The molecule has 1 aliphatic heterocycles. The van der Waals surface area contributed by atoms with Crippen LogP contribution in [0.1, 0.15) is 18.0 Å². The van der Waals surface area contributed by atoms with Crippen molar-refractivity contribution in [2.45, 2.75) is 12.5 Å². The largest absolute Gasteiger partial charge is 0.492 e. The van der Waals surface area contributed by atoms with Crippen molar-refractivity contribution in [1.29, 1.82) is 0 Å². The molecule has 1 aliphatic rings. The van der Waals surface area contributed by atoms with Gasteiger partial charge in [-0.1, -0.05) is 17.7 Å². The van der Waals surface area contributed by atoms with Crippen LogP contribution in [0.5, 0.6) is 5.75 Å². The molecular formula is C9H9ClINO. The normalized spacial score (nSPS) is 20.7. The molecule has 1 aromatic carbocycles. The lowest BCUT2D eigenvalue weighted by molar-refractivity contribution is 0.269. The van der Waals surface area contributed by atoms with E-state index in [0.29, 0.717) is 11.6 Å². The maximum absolute atomic E-state index is 6.09. The van der Waals surface area contributed by atoms with Crippen LogP contribution < -0.4 is 10.5 Å². The molecule has 1 aromatic rings. The molecule has 2 rings (SSSR count). The SMILES string of the molecule is NC1CCOc2c1ccc(I)c2Cl. The quantitative estimate of drug-likeness (QED) is 0.748. The van der Waals surface area contributed by atoms with Crippen molar-refractivity contribution in [3.05, 3.63) is 26.3 Å². The first-order chi connectivity index (χ1) is 6.20. The van der Waals surface area contributed by atoms with E-state index in [2.05, 4.69) is 22.6 Å². The zero-order valence-corrected chi connectivity index (χ0v) is 9.80. The monoisotopic (exact) mass is 309 g/mol. The maximum Gasteiger partial charge on any atom is 0.143 e. The van der Waals surface area contributed by atoms with E-state index >= 15 is 0 Å². The highest BCUT2D eigenvalue weighted by atomic mass is 127. The molecule has 0 radical (unpaired) electrons. The Morgan fingerprint density at radius 2 is 2.31 bits per heavy atom. The fourth-order valence-electron chi connectivity index (χ4n) is 1.43. The second kappa shape index (κ2) is 3.63. The van der Waals surface area contributed by atoms with Gasteiger partial charge < -0.3 is 10.5 Å². The van der Waals surface area contributed by atoms with E-state index in [4.69, 9.17) is 22.1 Å². The Balaban J connectivity index is 2.56. The first kappa shape index (κ1) is 9.55. The molecule has 0 aromatic heterocycles. The van der Waals surface area contributed by atoms with E-state index < -0.39 is 0 Å². The van der Waals surface area contributed by atoms with E-state index in [1.54, 1.807) is 0 Å². The third-order valence-corrected chi connectivity index (χ3v) is 3.75. The summed E-state index contributed by atoms with van der Waals surface area (Å²) in [6.45, 7) is 0.661. The van der Waals surface area contributed by atoms with E-state index in [-0.39, 0.29) is 6.04 Å². The Bertz CT molecular complexity index is 343. The molecule has 0 saturated carbocycles. The van der Waals surface area contributed by atoms with Gasteiger partial charge in [-0.2, -0.15) is 0 Å². The summed E-state index contributed by atoms with van der Waals surface area (Å²) in [4.78, 5) is 0. The standard InChI is InChI=1S/C9H9ClINO/c10-8-6(11)2-1-5-7(12)3-4-13-9(5)8/h1-2,7H,3-4,12H2. The minimum atomic E-state index is 0.0678. The summed E-state index contributed by atoms with van der Waals surface area (Å²) in [5.41, 5.74) is 6.95. The van der Waals surface area contributed by atoms with Crippen LogP contribution in [-0.2, 0) is 0 Å². The van der Waals surface area contributed by atoms with E-state index in [0.717, 1.165) is 21.3 Å². The van der Waals surface area contributed by atoms with Crippen molar-refractivity contribution >= 4 is 34.2 Å². The highest BCUT2D eigenvalue weighted by Crippen LogP contribution is 2.38. The molecule has 4 heteroatoms. The predicted octanol–water partition coefficient (Wildman–Crippen LogP) is 2.73. The number of benzene rings is 1. The molecule has 0 fully saturated rings. The minimum absolute atomic E-state index is 0.0678. The maximum atomic E-state index is 6.09. The minimum Gasteiger partial charge on any atom is -0.492 e. The van der Waals surface area contributed by atoms with E-state index in [1.165, 1.54) is 0 Å². The van der Waals surface area contributed by atoms with Gasteiger partial charge in [0.2, 0.25) is 0 Å². The third kappa shape index (κ3) is 1.65. The smallest absolute Gasteiger partial charge is 0.143 e.